The monoisotopic (exact) mass is 565 g/mol. The number of ether oxygens (including phenoxy) is 1. The zero-order valence-electron chi connectivity index (χ0n) is 19.6. The molecule has 1 heterocycles. The number of hydrogen-bond donors (Lipinski definition) is 3. The molecule has 1 aliphatic heterocycles. The number of aliphatic imine (C=N–C) groups is 1. The number of nitrogens with one attached hydrogen (secondary N) is 3. The Hall–Kier alpha value is -2.33. The first-order valence-corrected chi connectivity index (χ1v) is 11.4. The summed E-state index contributed by atoms with van der Waals surface area (Å²) in [5.74, 6) is 1.37. The van der Waals surface area contributed by atoms with E-state index in [2.05, 4.69) is 50.1 Å². The lowest BCUT2D eigenvalue weighted by atomic mass is 10.1. The number of nitrogens with zero attached hydrogens (tertiary/aromatic N) is 2. The van der Waals surface area contributed by atoms with Gasteiger partial charge in [0.25, 0.3) is 5.91 Å². The van der Waals surface area contributed by atoms with Crippen LogP contribution >= 0.6 is 24.0 Å². The second-order valence-electron chi connectivity index (χ2n) is 7.91. The Bertz CT molecular complexity index is 865. The second kappa shape index (κ2) is 14.7. The smallest absolute Gasteiger partial charge is 0.251 e. The standard InChI is InChI=1S/C25H35N5O2.HI/c1-3-26-25(28-15-14-27-24(31)22-10-12-23(32-2)13-11-22)29-18-20-6-8-21(9-7-20)19-30-16-4-5-17-30;/h6-13H,3-5,14-19H2,1-2H3,(H,27,31)(H2,26,28,29);1H. The van der Waals surface area contributed by atoms with Crippen LogP contribution in [-0.4, -0.2) is 56.6 Å². The highest BCUT2D eigenvalue weighted by Gasteiger charge is 2.11. The molecule has 0 aliphatic carbocycles. The third-order valence-corrected chi connectivity index (χ3v) is 5.45. The maximum absolute atomic E-state index is 12.2. The van der Waals surface area contributed by atoms with Crippen LogP contribution < -0.4 is 20.7 Å². The molecule has 1 amide bonds. The van der Waals surface area contributed by atoms with Crippen LogP contribution in [-0.2, 0) is 13.1 Å². The van der Waals surface area contributed by atoms with Crippen molar-refractivity contribution in [2.24, 2.45) is 4.99 Å². The van der Waals surface area contributed by atoms with Gasteiger partial charge >= 0.3 is 0 Å². The quantitative estimate of drug-likeness (QED) is 0.178. The Morgan fingerprint density at radius 2 is 1.58 bits per heavy atom. The number of carbonyl (C=O) groups excluding carboxylic acids is 1. The van der Waals surface area contributed by atoms with Crippen LogP contribution in [0.1, 0.15) is 41.3 Å². The van der Waals surface area contributed by atoms with E-state index in [1.54, 1.807) is 31.4 Å². The minimum absolute atomic E-state index is 0. The van der Waals surface area contributed by atoms with Crippen molar-refractivity contribution in [1.29, 1.82) is 0 Å². The number of halogens is 1. The summed E-state index contributed by atoms with van der Waals surface area (Å²) in [6.45, 7) is 7.97. The van der Waals surface area contributed by atoms with Crippen LogP contribution in [0.3, 0.4) is 0 Å². The van der Waals surface area contributed by atoms with E-state index in [9.17, 15) is 4.79 Å². The third-order valence-electron chi connectivity index (χ3n) is 5.45. The molecule has 7 nitrogen and oxygen atoms in total. The number of benzene rings is 2. The highest BCUT2D eigenvalue weighted by molar-refractivity contribution is 14.0. The van der Waals surface area contributed by atoms with E-state index in [4.69, 9.17) is 4.74 Å². The lowest BCUT2D eigenvalue weighted by Gasteiger charge is -2.14. The molecule has 1 fully saturated rings. The summed E-state index contributed by atoms with van der Waals surface area (Å²) < 4.78 is 5.12. The Morgan fingerprint density at radius 3 is 2.21 bits per heavy atom. The van der Waals surface area contributed by atoms with Crippen molar-refractivity contribution in [1.82, 2.24) is 20.9 Å². The fourth-order valence-corrected chi connectivity index (χ4v) is 3.66. The highest BCUT2D eigenvalue weighted by atomic mass is 127. The van der Waals surface area contributed by atoms with Crippen LogP contribution in [0.25, 0.3) is 0 Å². The average Bonchev–Trinajstić information content (AvgIpc) is 3.34. The highest BCUT2D eigenvalue weighted by Crippen LogP contribution is 2.14. The average molecular weight is 566 g/mol. The van der Waals surface area contributed by atoms with Gasteiger partial charge in [0.05, 0.1) is 13.7 Å². The predicted molar refractivity (Wildman–Crippen MR) is 145 cm³/mol. The molecular formula is C25H36IN5O2. The molecule has 33 heavy (non-hydrogen) atoms. The summed E-state index contributed by atoms with van der Waals surface area (Å²) in [6, 6.07) is 15.8. The van der Waals surface area contributed by atoms with E-state index in [0.717, 1.165) is 24.8 Å². The summed E-state index contributed by atoms with van der Waals surface area (Å²) in [5.41, 5.74) is 3.15. The van der Waals surface area contributed by atoms with Gasteiger partial charge in [-0.25, -0.2) is 4.99 Å². The first kappa shape index (κ1) is 26.9. The number of likely N-dealkylation sites (tertiary alicyclic amines) is 1. The summed E-state index contributed by atoms with van der Waals surface area (Å²) in [7, 11) is 1.61. The minimum Gasteiger partial charge on any atom is -0.497 e. The van der Waals surface area contributed by atoms with E-state index in [-0.39, 0.29) is 29.9 Å². The van der Waals surface area contributed by atoms with Gasteiger partial charge in [-0.05, 0) is 68.2 Å². The van der Waals surface area contributed by atoms with Crippen molar-refractivity contribution in [3.05, 3.63) is 65.2 Å². The minimum atomic E-state index is -0.106. The number of hydrogen-bond acceptors (Lipinski definition) is 4. The van der Waals surface area contributed by atoms with Crippen LogP contribution in [0.4, 0.5) is 0 Å². The van der Waals surface area contributed by atoms with Gasteiger partial charge < -0.3 is 20.7 Å². The zero-order valence-corrected chi connectivity index (χ0v) is 21.9. The molecule has 3 N–H and O–H groups in total. The molecule has 1 aliphatic rings. The predicted octanol–water partition coefficient (Wildman–Crippen LogP) is 3.39. The van der Waals surface area contributed by atoms with Crippen molar-refractivity contribution in [2.75, 3.05) is 39.8 Å². The Morgan fingerprint density at radius 1 is 0.939 bits per heavy atom. The molecule has 0 atom stereocenters. The van der Waals surface area contributed by atoms with E-state index in [1.807, 2.05) is 6.92 Å². The van der Waals surface area contributed by atoms with Gasteiger partial charge in [0, 0.05) is 31.7 Å². The number of rotatable bonds is 10. The van der Waals surface area contributed by atoms with Crippen LogP contribution in [0.15, 0.2) is 53.5 Å². The Kier molecular flexibility index (Phi) is 12.0. The summed E-state index contributed by atoms with van der Waals surface area (Å²) >= 11 is 0. The van der Waals surface area contributed by atoms with E-state index < -0.39 is 0 Å². The first-order chi connectivity index (χ1) is 15.7. The maximum Gasteiger partial charge on any atom is 0.251 e. The number of methoxy groups -OCH3 is 1. The molecule has 2 aromatic carbocycles. The molecule has 0 spiro atoms. The normalized spacial score (nSPS) is 13.8. The van der Waals surface area contributed by atoms with Crippen LogP contribution in [0.2, 0.25) is 0 Å². The molecule has 0 saturated carbocycles. The number of carbonyl (C=O) groups is 1. The Labute approximate surface area is 214 Å². The molecule has 2 aromatic rings. The van der Waals surface area contributed by atoms with Gasteiger partial charge in [-0.2, -0.15) is 0 Å². The van der Waals surface area contributed by atoms with Gasteiger partial charge in [0.2, 0.25) is 0 Å². The lowest BCUT2D eigenvalue weighted by molar-refractivity contribution is 0.0954. The second-order valence-corrected chi connectivity index (χ2v) is 7.91. The van der Waals surface area contributed by atoms with E-state index in [0.29, 0.717) is 25.2 Å². The molecule has 0 bridgehead atoms. The Balaban J connectivity index is 0.00000385. The van der Waals surface area contributed by atoms with Crippen LogP contribution in [0, 0.1) is 0 Å². The number of guanidine groups is 1. The summed E-state index contributed by atoms with van der Waals surface area (Å²) in [5, 5.41) is 9.44. The molecule has 180 valence electrons. The molecule has 3 rings (SSSR count). The van der Waals surface area contributed by atoms with E-state index in [1.165, 1.54) is 37.1 Å². The lowest BCUT2D eigenvalue weighted by Crippen LogP contribution is -2.41. The molecular weight excluding hydrogens is 529 g/mol. The zero-order chi connectivity index (χ0) is 22.6. The third kappa shape index (κ3) is 9.21. The largest absolute Gasteiger partial charge is 0.497 e. The van der Waals surface area contributed by atoms with Crippen molar-refractivity contribution in [3.8, 4) is 5.75 Å². The van der Waals surface area contributed by atoms with Crippen molar-refractivity contribution >= 4 is 35.8 Å². The van der Waals surface area contributed by atoms with Crippen LogP contribution in [0.5, 0.6) is 5.75 Å². The van der Waals surface area contributed by atoms with Gasteiger partial charge in [0.15, 0.2) is 5.96 Å². The SMILES string of the molecule is CCNC(=NCc1ccc(CN2CCCC2)cc1)NCCNC(=O)c1ccc(OC)cc1.I. The topological polar surface area (TPSA) is 78.0 Å². The maximum atomic E-state index is 12.2. The molecule has 0 aromatic heterocycles. The fraction of sp³-hybridized carbons (Fsp3) is 0.440. The summed E-state index contributed by atoms with van der Waals surface area (Å²) in [6.07, 6.45) is 2.64. The van der Waals surface area contributed by atoms with Gasteiger partial charge in [0.1, 0.15) is 5.75 Å². The number of amides is 1. The molecule has 8 heteroatoms. The van der Waals surface area contributed by atoms with Crippen molar-refractivity contribution < 1.29 is 9.53 Å². The molecule has 0 unspecified atom stereocenters. The fourth-order valence-electron chi connectivity index (χ4n) is 3.66. The van der Waals surface area contributed by atoms with Gasteiger partial charge in [-0.3, -0.25) is 9.69 Å². The van der Waals surface area contributed by atoms with Gasteiger partial charge in [-0.1, -0.05) is 24.3 Å². The van der Waals surface area contributed by atoms with Crippen molar-refractivity contribution in [3.63, 3.8) is 0 Å². The van der Waals surface area contributed by atoms with Crippen molar-refractivity contribution in [2.45, 2.75) is 32.9 Å². The molecule has 0 radical (unpaired) electrons. The van der Waals surface area contributed by atoms with E-state index >= 15 is 0 Å². The van der Waals surface area contributed by atoms with Gasteiger partial charge in [-0.15, -0.1) is 24.0 Å². The first-order valence-electron chi connectivity index (χ1n) is 11.4. The summed E-state index contributed by atoms with van der Waals surface area (Å²) in [4.78, 5) is 19.4. The molecule has 1 saturated heterocycles.